The lowest BCUT2D eigenvalue weighted by Crippen LogP contribution is -2.34. The number of nitrogens with one attached hydrogen (secondary N) is 1. The molecular formula is C19H22N2O4. The molecular weight excluding hydrogens is 320 g/mol. The van der Waals surface area contributed by atoms with E-state index in [9.17, 15) is 4.79 Å². The van der Waals surface area contributed by atoms with E-state index in [-0.39, 0.29) is 12.7 Å². The average Bonchev–Trinajstić information content (AvgIpc) is 3.07. The van der Waals surface area contributed by atoms with Crippen molar-refractivity contribution in [1.29, 1.82) is 0 Å². The summed E-state index contributed by atoms with van der Waals surface area (Å²) in [5.41, 5.74) is 2.08. The van der Waals surface area contributed by atoms with Crippen molar-refractivity contribution in [3.63, 3.8) is 0 Å². The van der Waals surface area contributed by atoms with Crippen LogP contribution in [0.15, 0.2) is 42.5 Å². The van der Waals surface area contributed by atoms with Gasteiger partial charge in [-0.3, -0.25) is 9.69 Å². The molecule has 1 amide bonds. The molecule has 132 valence electrons. The van der Waals surface area contributed by atoms with E-state index < -0.39 is 0 Å². The zero-order valence-corrected chi connectivity index (χ0v) is 14.5. The first-order chi connectivity index (χ1) is 12.1. The summed E-state index contributed by atoms with van der Waals surface area (Å²) in [6, 6.07) is 13.5. The van der Waals surface area contributed by atoms with Gasteiger partial charge in [-0.2, -0.15) is 0 Å². The predicted octanol–water partition coefficient (Wildman–Crippen LogP) is 2.17. The van der Waals surface area contributed by atoms with Crippen LogP contribution in [0, 0.1) is 0 Å². The minimum absolute atomic E-state index is 0.0249. The Morgan fingerprint density at radius 3 is 2.84 bits per heavy atom. The van der Waals surface area contributed by atoms with Gasteiger partial charge in [0, 0.05) is 13.1 Å². The number of fused-ring (bicyclic) bond motifs is 1. The highest BCUT2D eigenvalue weighted by molar-refractivity contribution is 5.78. The summed E-state index contributed by atoms with van der Waals surface area (Å²) >= 11 is 0. The van der Waals surface area contributed by atoms with E-state index in [0.717, 1.165) is 28.4 Å². The number of carbonyl (C=O) groups is 1. The third-order valence-electron chi connectivity index (χ3n) is 3.93. The third kappa shape index (κ3) is 4.64. The van der Waals surface area contributed by atoms with Gasteiger partial charge in [0.2, 0.25) is 12.7 Å². The van der Waals surface area contributed by atoms with Crippen LogP contribution in [-0.2, 0) is 17.9 Å². The molecule has 0 radical (unpaired) electrons. The van der Waals surface area contributed by atoms with Gasteiger partial charge in [-0.1, -0.05) is 18.2 Å². The van der Waals surface area contributed by atoms with Gasteiger partial charge in [-0.25, -0.2) is 0 Å². The van der Waals surface area contributed by atoms with Gasteiger partial charge in [0.1, 0.15) is 5.75 Å². The predicted molar refractivity (Wildman–Crippen MR) is 93.7 cm³/mol. The van der Waals surface area contributed by atoms with Crippen LogP contribution in [0.1, 0.15) is 11.1 Å². The average molecular weight is 342 g/mol. The molecule has 3 rings (SSSR count). The highest BCUT2D eigenvalue weighted by Crippen LogP contribution is 2.32. The zero-order valence-electron chi connectivity index (χ0n) is 14.5. The van der Waals surface area contributed by atoms with Gasteiger partial charge in [0.15, 0.2) is 11.5 Å². The lowest BCUT2D eigenvalue weighted by atomic mass is 10.2. The first-order valence-corrected chi connectivity index (χ1v) is 8.11. The highest BCUT2D eigenvalue weighted by Gasteiger charge is 2.13. The second-order valence-electron chi connectivity index (χ2n) is 5.99. The molecule has 0 aliphatic carbocycles. The monoisotopic (exact) mass is 342 g/mol. The molecule has 6 heteroatoms. The second kappa shape index (κ2) is 7.90. The molecule has 2 aromatic carbocycles. The Labute approximate surface area is 147 Å². The standard InChI is InChI=1S/C19H22N2O4/c1-21(11-15-4-3-5-16(8-15)23-2)12-19(22)20-10-14-6-7-17-18(9-14)25-13-24-17/h3-9H,10-13H2,1-2H3,(H,20,22). The van der Waals surface area contributed by atoms with Crippen LogP contribution in [0.4, 0.5) is 0 Å². The fourth-order valence-electron chi connectivity index (χ4n) is 2.69. The summed E-state index contributed by atoms with van der Waals surface area (Å²) in [5, 5.41) is 2.93. The topological polar surface area (TPSA) is 60.0 Å². The fraction of sp³-hybridized carbons (Fsp3) is 0.316. The van der Waals surface area contributed by atoms with Crippen LogP contribution >= 0.6 is 0 Å². The number of likely N-dealkylation sites (N-methyl/N-ethyl adjacent to an activating group) is 1. The van der Waals surface area contributed by atoms with E-state index >= 15 is 0 Å². The van der Waals surface area contributed by atoms with Gasteiger partial charge in [0.25, 0.3) is 0 Å². The highest BCUT2D eigenvalue weighted by atomic mass is 16.7. The maximum absolute atomic E-state index is 12.1. The lowest BCUT2D eigenvalue weighted by molar-refractivity contribution is -0.122. The molecule has 0 spiro atoms. The number of hydrogen-bond donors (Lipinski definition) is 1. The number of ether oxygens (including phenoxy) is 3. The van der Waals surface area contributed by atoms with E-state index in [1.54, 1.807) is 7.11 Å². The van der Waals surface area contributed by atoms with Gasteiger partial charge in [-0.05, 0) is 42.4 Å². The molecule has 0 saturated carbocycles. The van der Waals surface area contributed by atoms with Crippen molar-refractivity contribution in [2.75, 3.05) is 27.5 Å². The molecule has 0 fully saturated rings. The van der Waals surface area contributed by atoms with Crippen molar-refractivity contribution in [2.24, 2.45) is 0 Å². The Bertz CT molecular complexity index is 748. The minimum Gasteiger partial charge on any atom is -0.497 e. The summed E-state index contributed by atoms with van der Waals surface area (Å²) in [5.74, 6) is 2.26. The van der Waals surface area contributed by atoms with Gasteiger partial charge in [0.05, 0.1) is 13.7 Å². The number of hydrogen-bond acceptors (Lipinski definition) is 5. The van der Waals surface area contributed by atoms with Crippen LogP contribution in [0.2, 0.25) is 0 Å². The van der Waals surface area contributed by atoms with E-state index in [1.807, 2.05) is 54.4 Å². The molecule has 0 bridgehead atoms. The summed E-state index contributed by atoms with van der Waals surface area (Å²) in [6.07, 6.45) is 0. The maximum Gasteiger partial charge on any atom is 0.234 e. The number of benzene rings is 2. The van der Waals surface area contributed by atoms with Crippen molar-refractivity contribution in [3.05, 3.63) is 53.6 Å². The van der Waals surface area contributed by atoms with E-state index in [0.29, 0.717) is 19.6 Å². The number of methoxy groups -OCH3 is 1. The molecule has 1 N–H and O–H groups in total. The van der Waals surface area contributed by atoms with Crippen molar-refractivity contribution in [2.45, 2.75) is 13.1 Å². The summed E-state index contributed by atoms with van der Waals surface area (Å²) in [4.78, 5) is 14.1. The van der Waals surface area contributed by atoms with Crippen molar-refractivity contribution < 1.29 is 19.0 Å². The number of amides is 1. The third-order valence-corrected chi connectivity index (χ3v) is 3.93. The minimum atomic E-state index is -0.0249. The maximum atomic E-state index is 12.1. The zero-order chi connectivity index (χ0) is 17.6. The summed E-state index contributed by atoms with van der Waals surface area (Å²) < 4.78 is 15.8. The molecule has 0 saturated heterocycles. The molecule has 1 heterocycles. The molecule has 2 aromatic rings. The number of carbonyl (C=O) groups excluding carboxylic acids is 1. The molecule has 1 aliphatic heterocycles. The Hall–Kier alpha value is -2.73. The molecule has 0 aromatic heterocycles. The van der Waals surface area contributed by atoms with Crippen LogP contribution in [-0.4, -0.2) is 38.3 Å². The van der Waals surface area contributed by atoms with Crippen molar-refractivity contribution >= 4 is 5.91 Å². The van der Waals surface area contributed by atoms with Gasteiger partial charge < -0.3 is 19.5 Å². The summed E-state index contributed by atoms with van der Waals surface area (Å²) in [7, 11) is 3.56. The molecule has 6 nitrogen and oxygen atoms in total. The first kappa shape index (κ1) is 17.1. The molecule has 1 aliphatic rings. The Kier molecular flexibility index (Phi) is 5.40. The lowest BCUT2D eigenvalue weighted by Gasteiger charge is -2.17. The van der Waals surface area contributed by atoms with Crippen molar-refractivity contribution in [1.82, 2.24) is 10.2 Å². The first-order valence-electron chi connectivity index (χ1n) is 8.11. The van der Waals surface area contributed by atoms with Crippen LogP contribution in [0.5, 0.6) is 17.2 Å². The van der Waals surface area contributed by atoms with Gasteiger partial charge >= 0.3 is 0 Å². The Morgan fingerprint density at radius 2 is 2.00 bits per heavy atom. The van der Waals surface area contributed by atoms with Gasteiger partial charge in [-0.15, -0.1) is 0 Å². The van der Waals surface area contributed by atoms with Crippen molar-refractivity contribution in [3.8, 4) is 17.2 Å². The molecule has 25 heavy (non-hydrogen) atoms. The molecule has 0 unspecified atom stereocenters. The normalized spacial score (nSPS) is 12.3. The SMILES string of the molecule is COc1cccc(CN(C)CC(=O)NCc2ccc3c(c2)OCO3)c1. The largest absolute Gasteiger partial charge is 0.497 e. The quantitative estimate of drug-likeness (QED) is 0.836. The number of nitrogens with zero attached hydrogens (tertiary/aromatic N) is 1. The molecule has 0 atom stereocenters. The van der Waals surface area contributed by atoms with Crippen LogP contribution < -0.4 is 19.5 Å². The fourth-order valence-corrected chi connectivity index (χ4v) is 2.69. The van der Waals surface area contributed by atoms with E-state index in [1.165, 1.54) is 0 Å². The number of rotatable bonds is 7. The van der Waals surface area contributed by atoms with E-state index in [4.69, 9.17) is 14.2 Å². The Balaban J connectivity index is 1.47. The van der Waals surface area contributed by atoms with Crippen LogP contribution in [0.3, 0.4) is 0 Å². The summed E-state index contributed by atoms with van der Waals surface area (Å²) in [6.45, 7) is 1.71. The van der Waals surface area contributed by atoms with E-state index in [2.05, 4.69) is 5.32 Å². The van der Waals surface area contributed by atoms with Crippen LogP contribution in [0.25, 0.3) is 0 Å². The second-order valence-corrected chi connectivity index (χ2v) is 5.99. The Morgan fingerprint density at radius 1 is 1.16 bits per heavy atom. The smallest absolute Gasteiger partial charge is 0.234 e.